The number of nitrogens with zero attached hydrogens (tertiary/aromatic N) is 1. The van der Waals surface area contributed by atoms with E-state index >= 15 is 0 Å². The summed E-state index contributed by atoms with van der Waals surface area (Å²) in [6.07, 6.45) is 0.519. The van der Waals surface area contributed by atoms with Crippen LogP contribution in [0, 0.1) is 6.92 Å². The van der Waals surface area contributed by atoms with Crippen LogP contribution >= 0.6 is 11.6 Å². The van der Waals surface area contributed by atoms with Gasteiger partial charge in [-0.15, -0.1) is 0 Å². The summed E-state index contributed by atoms with van der Waals surface area (Å²) in [6.45, 7) is 3.52. The molecule has 1 aromatic heterocycles. The summed E-state index contributed by atoms with van der Waals surface area (Å²) < 4.78 is 36.0. The quantitative estimate of drug-likeness (QED) is 0.466. The Kier molecular flexibility index (Phi) is 8.18. The summed E-state index contributed by atoms with van der Waals surface area (Å²) in [4.78, 5) is 12.6. The van der Waals surface area contributed by atoms with Gasteiger partial charge in [0.15, 0.2) is 9.84 Å². The monoisotopic (exact) mass is 491 g/mol. The minimum atomic E-state index is -3.29. The third-order valence-corrected chi connectivity index (χ3v) is 6.99. The summed E-state index contributed by atoms with van der Waals surface area (Å²) >= 11 is 5.88. The summed E-state index contributed by atoms with van der Waals surface area (Å²) in [5.41, 5.74) is 2.07. The van der Waals surface area contributed by atoms with Crippen LogP contribution in [0.15, 0.2) is 65.6 Å². The van der Waals surface area contributed by atoms with Crippen LogP contribution in [0.25, 0.3) is 5.69 Å². The topological polar surface area (TPSA) is 94.8 Å². The molecule has 0 aliphatic carbocycles. The highest BCUT2D eigenvalue weighted by atomic mass is 35.5. The predicted octanol–water partition coefficient (Wildman–Crippen LogP) is 3.55. The molecule has 33 heavy (non-hydrogen) atoms. The van der Waals surface area contributed by atoms with E-state index in [1.165, 1.54) is 17.6 Å². The van der Waals surface area contributed by atoms with Crippen molar-refractivity contribution in [2.24, 2.45) is 0 Å². The van der Waals surface area contributed by atoms with Crippen LogP contribution in [-0.4, -0.2) is 42.3 Å². The van der Waals surface area contributed by atoms with E-state index < -0.39 is 15.9 Å². The molecule has 0 saturated heterocycles. The molecule has 0 radical (unpaired) electrons. The SMILES string of the molecule is CCS(=O)(=O)C[C@@H](O)COc1ccc(-n2ccc(OCc3ccc(Cl)cc3)cc2=O)cc1C. The molecule has 1 N–H and O–H groups in total. The van der Waals surface area contributed by atoms with Gasteiger partial charge in [-0.25, -0.2) is 8.42 Å². The third kappa shape index (κ3) is 7.08. The van der Waals surface area contributed by atoms with Gasteiger partial charge < -0.3 is 14.6 Å². The van der Waals surface area contributed by atoms with E-state index in [-0.39, 0.29) is 23.7 Å². The van der Waals surface area contributed by atoms with E-state index in [0.717, 1.165) is 11.1 Å². The normalized spacial score (nSPS) is 12.4. The van der Waals surface area contributed by atoms with Gasteiger partial charge in [0.05, 0.1) is 5.75 Å². The maximum absolute atomic E-state index is 12.6. The Morgan fingerprint density at radius 1 is 1.06 bits per heavy atom. The Bertz CT molecular complexity index is 1250. The second-order valence-corrected chi connectivity index (χ2v) is 10.4. The van der Waals surface area contributed by atoms with Gasteiger partial charge in [-0.3, -0.25) is 9.36 Å². The molecule has 0 saturated carbocycles. The lowest BCUT2D eigenvalue weighted by Crippen LogP contribution is -2.28. The summed E-state index contributed by atoms with van der Waals surface area (Å²) in [5.74, 6) is 0.585. The van der Waals surface area contributed by atoms with E-state index in [1.807, 2.05) is 19.1 Å². The number of aryl methyl sites for hydroxylation is 1. The van der Waals surface area contributed by atoms with Crippen LogP contribution in [0.2, 0.25) is 5.02 Å². The maximum Gasteiger partial charge on any atom is 0.258 e. The number of aliphatic hydroxyl groups excluding tert-OH is 1. The van der Waals surface area contributed by atoms with E-state index in [1.54, 1.807) is 42.6 Å². The molecule has 0 bridgehead atoms. The number of rotatable bonds is 10. The third-order valence-electron chi connectivity index (χ3n) is 4.96. The minimum Gasteiger partial charge on any atom is -0.491 e. The van der Waals surface area contributed by atoms with E-state index in [0.29, 0.717) is 28.8 Å². The standard InChI is InChI=1S/C24H26ClNO6S/c1-3-33(29,30)16-21(27)15-32-23-9-8-20(12-17(23)2)26-11-10-22(13-24(26)28)31-14-18-4-6-19(25)7-5-18/h4-13,21,27H,3,14-16H2,1-2H3/t21-/m0/s1. The smallest absolute Gasteiger partial charge is 0.258 e. The van der Waals surface area contributed by atoms with Crippen LogP contribution in [0.3, 0.4) is 0 Å². The number of ether oxygens (including phenoxy) is 2. The van der Waals surface area contributed by atoms with Crippen LogP contribution in [0.1, 0.15) is 18.1 Å². The molecule has 3 rings (SSSR count). The maximum atomic E-state index is 12.6. The zero-order valence-electron chi connectivity index (χ0n) is 18.4. The highest BCUT2D eigenvalue weighted by Crippen LogP contribution is 2.22. The fourth-order valence-electron chi connectivity index (χ4n) is 3.10. The van der Waals surface area contributed by atoms with Gasteiger partial charge in [0, 0.05) is 28.7 Å². The number of aromatic nitrogens is 1. The predicted molar refractivity (Wildman–Crippen MR) is 128 cm³/mol. The molecular weight excluding hydrogens is 466 g/mol. The molecule has 1 heterocycles. The van der Waals surface area contributed by atoms with Crippen molar-refractivity contribution in [3.63, 3.8) is 0 Å². The van der Waals surface area contributed by atoms with Crippen molar-refractivity contribution >= 4 is 21.4 Å². The first-order valence-corrected chi connectivity index (χ1v) is 12.6. The Morgan fingerprint density at radius 3 is 2.42 bits per heavy atom. The van der Waals surface area contributed by atoms with Gasteiger partial charge in [0.2, 0.25) is 0 Å². The van der Waals surface area contributed by atoms with Crippen molar-refractivity contribution in [2.45, 2.75) is 26.6 Å². The van der Waals surface area contributed by atoms with Crippen LogP contribution < -0.4 is 15.0 Å². The molecule has 1 atom stereocenters. The lowest BCUT2D eigenvalue weighted by molar-refractivity contribution is 0.124. The largest absolute Gasteiger partial charge is 0.491 e. The van der Waals surface area contributed by atoms with Gasteiger partial charge in [-0.2, -0.15) is 0 Å². The Morgan fingerprint density at radius 2 is 1.79 bits per heavy atom. The Balaban J connectivity index is 1.65. The van der Waals surface area contributed by atoms with Crippen LogP contribution in [0.4, 0.5) is 0 Å². The van der Waals surface area contributed by atoms with E-state index in [4.69, 9.17) is 21.1 Å². The molecule has 176 valence electrons. The molecular formula is C24H26ClNO6S. The second-order valence-electron chi connectivity index (χ2n) is 7.60. The molecule has 0 fully saturated rings. The highest BCUT2D eigenvalue weighted by Gasteiger charge is 2.16. The molecule has 0 amide bonds. The number of hydrogen-bond donors (Lipinski definition) is 1. The number of hydrogen-bond acceptors (Lipinski definition) is 6. The lowest BCUT2D eigenvalue weighted by atomic mass is 10.2. The number of sulfone groups is 1. The highest BCUT2D eigenvalue weighted by molar-refractivity contribution is 7.91. The number of halogens is 1. The molecule has 9 heteroatoms. The Labute approximate surface area is 198 Å². The van der Waals surface area contributed by atoms with Gasteiger partial charge in [-0.05, 0) is 54.4 Å². The van der Waals surface area contributed by atoms with Crippen molar-refractivity contribution in [3.8, 4) is 17.2 Å². The van der Waals surface area contributed by atoms with Crippen molar-refractivity contribution in [3.05, 3.63) is 87.3 Å². The van der Waals surface area contributed by atoms with E-state index in [9.17, 15) is 18.3 Å². The van der Waals surface area contributed by atoms with Gasteiger partial charge in [-0.1, -0.05) is 30.7 Å². The van der Waals surface area contributed by atoms with Gasteiger partial charge in [0.25, 0.3) is 5.56 Å². The molecule has 0 aliphatic rings. The summed E-state index contributed by atoms with van der Waals surface area (Å²) in [7, 11) is -3.29. The Hall–Kier alpha value is -2.81. The molecule has 0 spiro atoms. The fraction of sp³-hybridized carbons (Fsp3) is 0.292. The molecule has 2 aromatic carbocycles. The van der Waals surface area contributed by atoms with Crippen LogP contribution in [0.5, 0.6) is 11.5 Å². The molecule has 7 nitrogen and oxygen atoms in total. The first-order valence-electron chi connectivity index (χ1n) is 10.4. The van der Waals surface area contributed by atoms with Gasteiger partial charge in [0.1, 0.15) is 30.8 Å². The molecule has 3 aromatic rings. The average Bonchev–Trinajstić information content (AvgIpc) is 2.77. The van der Waals surface area contributed by atoms with Gasteiger partial charge >= 0.3 is 0 Å². The zero-order valence-corrected chi connectivity index (χ0v) is 20.0. The zero-order chi connectivity index (χ0) is 24.0. The number of benzene rings is 2. The second kappa shape index (κ2) is 10.9. The summed E-state index contributed by atoms with van der Waals surface area (Å²) in [5, 5.41) is 10.6. The first-order chi connectivity index (χ1) is 15.7. The minimum absolute atomic E-state index is 0.0303. The van der Waals surface area contributed by atoms with Crippen molar-refractivity contribution in [1.29, 1.82) is 0 Å². The van der Waals surface area contributed by atoms with E-state index in [2.05, 4.69) is 0 Å². The van der Waals surface area contributed by atoms with Crippen LogP contribution in [-0.2, 0) is 16.4 Å². The lowest BCUT2D eigenvalue weighted by Gasteiger charge is -2.15. The average molecular weight is 492 g/mol. The number of pyridine rings is 1. The van der Waals surface area contributed by atoms with Crippen molar-refractivity contribution in [2.75, 3.05) is 18.1 Å². The number of aliphatic hydroxyl groups is 1. The van der Waals surface area contributed by atoms with Crippen molar-refractivity contribution in [1.82, 2.24) is 4.57 Å². The first kappa shape index (κ1) is 24.8. The molecule has 0 aliphatic heterocycles. The fourth-order valence-corrected chi connectivity index (χ4v) is 4.15. The van der Waals surface area contributed by atoms with Crippen molar-refractivity contribution < 1.29 is 23.0 Å². The summed E-state index contributed by atoms with van der Waals surface area (Å²) in [6, 6.07) is 15.6. The molecule has 0 unspecified atom stereocenters.